The van der Waals surface area contributed by atoms with Crippen LogP contribution in [0.15, 0.2) is 0 Å². The molecule has 1 atom stereocenters. The largest absolute Gasteiger partial charge is 0.392 e. The zero-order valence-electron chi connectivity index (χ0n) is 10.1. The van der Waals surface area contributed by atoms with E-state index in [1.807, 2.05) is 0 Å². The Morgan fingerprint density at radius 1 is 1.35 bits per heavy atom. The molecule has 0 aromatic heterocycles. The van der Waals surface area contributed by atoms with E-state index >= 15 is 0 Å². The minimum atomic E-state index is -3.40. The standard InChI is InChI=1S/C11H20N2O2S2/c1-2-9(11(12)16)17(14,15)13-10(7-3-4-7)8-5-6-8/h7-10,13H,2-6H2,1H3,(H2,12,16). The van der Waals surface area contributed by atoms with E-state index < -0.39 is 15.3 Å². The summed E-state index contributed by atoms with van der Waals surface area (Å²) in [6.07, 6.45) is 5.02. The Kier molecular flexibility index (Phi) is 3.75. The van der Waals surface area contributed by atoms with Crippen LogP contribution in [-0.2, 0) is 10.0 Å². The Morgan fingerprint density at radius 2 is 1.82 bits per heavy atom. The predicted octanol–water partition coefficient (Wildman–Crippen LogP) is 1.16. The fraction of sp³-hybridized carbons (Fsp3) is 0.909. The molecule has 0 heterocycles. The molecule has 6 heteroatoms. The molecular formula is C11H20N2O2S2. The number of nitrogens with one attached hydrogen (secondary N) is 1. The lowest BCUT2D eigenvalue weighted by atomic mass is 10.1. The van der Waals surface area contributed by atoms with Gasteiger partial charge < -0.3 is 5.73 Å². The van der Waals surface area contributed by atoms with Crippen LogP contribution in [0.4, 0.5) is 0 Å². The van der Waals surface area contributed by atoms with E-state index in [0.29, 0.717) is 18.3 Å². The normalized spacial score (nSPS) is 22.7. The van der Waals surface area contributed by atoms with Crippen LogP contribution < -0.4 is 10.5 Å². The average Bonchev–Trinajstić information content (AvgIpc) is 3.08. The molecule has 1 unspecified atom stereocenters. The van der Waals surface area contributed by atoms with E-state index in [0.717, 1.165) is 25.7 Å². The van der Waals surface area contributed by atoms with Gasteiger partial charge in [-0.25, -0.2) is 13.1 Å². The lowest BCUT2D eigenvalue weighted by Gasteiger charge is -2.22. The predicted molar refractivity (Wildman–Crippen MR) is 72.2 cm³/mol. The summed E-state index contributed by atoms with van der Waals surface area (Å²) in [6.45, 7) is 1.80. The summed E-state index contributed by atoms with van der Waals surface area (Å²) in [7, 11) is -3.40. The van der Waals surface area contributed by atoms with Gasteiger partial charge in [-0.2, -0.15) is 0 Å². The van der Waals surface area contributed by atoms with Crippen molar-refractivity contribution in [2.75, 3.05) is 0 Å². The van der Waals surface area contributed by atoms with E-state index in [1.54, 1.807) is 6.92 Å². The van der Waals surface area contributed by atoms with Crippen LogP contribution in [0.1, 0.15) is 39.0 Å². The van der Waals surface area contributed by atoms with E-state index in [1.165, 1.54) is 0 Å². The first-order valence-electron chi connectivity index (χ1n) is 6.26. The first-order chi connectivity index (χ1) is 7.95. The Bertz CT molecular complexity index is 388. The third-order valence-corrected chi connectivity index (χ3v) is 5.99. The van der Waals surface area contributed by atoms with E-state index in [9.17, 15) is 8.42 Å². The van der Waals surface area contributed by atoms with Crippen LogP contribution >= 0.6 is 12.2 Å². The number of rotatable bonds is 7. The molecule has 0 amide bonds. The van der Waals surface area contributed by atoms with Gasteiger partial charge in [0.15, 0.2) is 0 Å². The molecule has 0 aliphatic heterocycles. The number of thiocarbonyl (C=S) groups is 1. The van der Waals surface area contributed by atoms with E-state index in [4.69, 9.17) is 18.0 Å². The van der Waals surface area contributed by atoms with Crippen LogP contribution in [0.25, 0.3) is 0 Å². The Hall–Kier alpha value is -0.200. The van der Waals surface area contributed by atoms with Gasteiger partial charge in [0.2, 0.25) is 10.0 Å². The van der Waals surface area contributed by atoms with Crippen molar-refractivity contribution >= 4 is 27.2 Å². The van der Waals surface area contributed by atoms with Gasteiger partial charge in [-0.05, 0) is 43.9 Å². The van der Waals surface area contributed by atoms with Crippen LogP contribution in [0.3, 0.4) is 0 Å². The molecule has 3 N–H and O–H groups in total. The highest BCUT2D eigenvalue weighted by Crippen LogP contribution is 2.44. The van der Waals surface area contributed by atoms with Gasteiger partial charge in [-0.15, -0.1) is 0 Å². The second kappa shape index (κ2) is 4.82. The van der Waals surface area contributed by atoms with Gasteiger partial charge in [-0.3, -0.25) is 0 Å². The fourth-order valence-electron chi connectivity index (χ4n) is 2.33. The molecule has 2 fully saturated rings. The summed E-state index contributed by atoms with van der Waals surface area (Å²) < 4.78 is 27.3. The van der Waals surface area contributed by atoms with Gasteiger partial charge in [0, 0.05) is 6.04 Å². The number of hydrogen-bond acceptors (Lipinski definition) is 3. The number of hydrogen-bond donors (Lipinski definition) is 2. The molecule has 17 heavy (non-hydrogen) atoms. The molecule has 0 aromatic carbocycles. The average molecular weight is 276 g/mol. The fourth-order valence-corrected chi connectivity index (χ4v) is 4.55. The first kappa shape index (κ1) is 13.2. The molecule has 0 spiro atoms. The SMILES string of the molecule is CCC(C(N)=S)S(=O)(=O)NC(C1CC1)C1CC1. The highest BCUT2D eigenvalue weighted by molar-refractivity contribution is 7.93. The summed E-state index contributed by atoms with van der Waals surface area (Å²) in [5.41, 5.74) is 5.50. The third-order valence-electron chi connectivity index (χ3n) is 3.62. The van der Waals surface area contributed by atoms with Crippen LogP contribution in [0.5, 0.6) is 0 Å². The zero-order chi connectivity index (χ0) is 12.6. The molecule has 98 valence electrons. The van der Waals surface area contributed by atoms with Crippen LogP contribution in [0, 0.1) is 11.8 Å². The van der Waals surface area contributed by atoms with Crippen molar-refractivity contribution in [1.82, 2.24) is 4.72 Å². The molecule has 0 aromatic rings. The van der Waals surface area contributed by atoms with Gasteiger partial charge in [0.05, 0.1) is 4.99 Å². The Labute approximate surface area is 108 Å². The number of nitrogens with two attached hydrogens (primary N) is 1. The molecule has 0 bridgehead atoms. The van der Waals surface area contributed by atoms with Crippen molar-refractivity contribution in [3.63, 3.8) is 0 Å². The van der Waals surface area contributed by atoms with Crippen molar-refractivity contribution in [3.8, 4) is 0 Å². The smallest absolute Gasteiger partial charge is 0.221 e. The highest BCUT2D eigenvalue weighted by Gasteiger charge is 2.44. The lowest BCUT2D eigenvalue weighted by Crippen LogP contribution is -2.47. The van der Waals surface area contributed by atoms with Gasteiger partial charge in [-0.1, -0.05) is 19.1 Å². The maximum atomic E-state index is 12.2. The zero-order valence-corrected chi connectivity index (χ0v) is 11.7. The molecule has 2 rings (SSSR count). The summed E-state index contributed by atoms with van der Waals surface area (Å²) in [5, 5.41) is -0.725. The molecule has 4 nitrogen and oxygen atoms in total. The molecule has 0 radical (unpaired) electrons. The van der Waals surface area contributed by atoms with E-state index in [2.05, 4.69) is 4.72 Å². The molecule has 0 saturated heterocycles. The Morgan fingerprint density at radius 3 is 2.12 bits per heavy atom. The van der Waals surface area contributed by atoms with Crippen molar-refractivity contribution in [2.24, 2.45) is 17.6 Å². The van der Waals surface area contributed by atoms with Gasteiger partial charge >= 0.3 is 0 Å². The highest BCUT2D eigenvalue weighted by atomic mass is 32.2. The monoisotopic (exact) mass is 276 g/mol. The maximum absolute atomic E-state index is 12.2. The summed E-state index contributed by atoms with van der Waals surface area (Å²) in [5.74, 6) is 1.09. The Balaban J connectivity index is 2.06. The third kappa shape index (κ3) is 3.17. The minimum absolute atomic E-state index is 0.0744. The molecule has 2 aliphatic carbocycles. The minimum Gasteiger partial charge on any atom is -0.392 e. The topological polar surface area (TPSA) is 72.2 Å². The molecule has 2 saturated carbocycles. The van der Waals surface area contributed by atoms with Crippen molar-refractivity contribution in [2.45, 2.75) is 50.3 Å². The van der Waals surface area contributed by atoms with Crippen molar-refractivity contribution < 1.29 is 8.42 Å². The second-order valence-corrected chi connectivity index (χ2v) is 7.53. The van der Waals surface area contributed by atoms with E-state index in [-0.39, 0.29) is 11.0 Å². The molecule has 2 aliphatic rings. The summed E-state index contributed by atoms with van der Waals surface area (Å²) in [6, 6.07) is 0.128. The second-order valence-electron chi connectivity index (χ2n) is 5.16. The van der Waals surface area contributed by atoms with Gasteiger partial charge in [0.25, 0.3) is 0 Å². The molecular weight excluding hydrogens is 256 g/mol. The number of sulfonamides is 1. The lowest BCUT2D eigenvalue weighted by molar-refractivity contribution is 0.469. The maximum Gasteiger partial charge on any atom is 0.221 e. The quantitative estimate of drug-likeness (QED) is 0.684. The summed E-state index contributed by atoms with van der Waals surface area (Å²) in [4.78, 5) is 0.0744. The van der Waals surface area contributed by atoms with Crippen LogP contribution in [-0.4, -0.2) is 24.7 Å². The van der Waals surface area contributed by atoms with Crippen molar-refractivity contribution in [3.05, 3.63) is 0 Å². The van der Waals surface area contributed by atoms with Gasteiger partial charge in [0.1, 0.15) is 5.25 Å². The summed E-state index contributed by atoms with van der Waals surface area (Å²) >= 11 is 4.84. The van der Waals surface area contributed by atoms with Crippen LogP contribution in [0.2, 0.25) is 0 Å². The van der Waals surface area contributed by atoms with Crippen molar-refractivity contribution in [1.29, 1.82) is 0 Å². The first-order valence-corrected chi connectivity index (χ1v) is 8.21.